The second kappa shape index (κ2) is 7.43. The minimum Gasteiger partial charge on any atom is -0.496 e. The Morgan fingerprint density at radius 2 is 2.00 bits per heavy atom. The predicted octanol–water partition coefficient (Wildman–Crippen LogP) is 2.38. The molecule has 0 fully saturated rings. The lowest BCUT2D eigenvalue weighted by molar-refractivity contribution is 0.0803. The van der Waals surface area contributed by atoms with Gasteiger partial charge >= 0.3 is 0 Å². The fourth-order valence-corrected chi connectivity index (χ4v) is 3.76. The van der Waals surface area contributed by atoms with Crippen molar-refractivity contribution < 1.29 is 14.9 Å². The van der Waals surface area contributed by atoms with Gasteiger partial charge in [0.2, 0.25) is 0 Å². The topological polar surface area (TPSA) is 111 Å². The van der Waals surface area contributed by atoms with Gasteiger partial charge in [0.25, 0.3) is 5.56 Å². The zero-order valence-electron chi connectivity index (χ0n) is 15.7. The molecule has 3 N–H and O–H groups in total. The van der Waals surface area contributed by atoms with Crippen LogP contribution in [0.1, 0.15) is 5.69 Å². The van der Waals surface area contributed by atoms with Crippen molar-refractivity contribution >= 4 is 21.7 Å². The number of nitriles is 1. The molecule has 2 heterocycles. The molecule has 2 aromatic heterocycles. The molecule has 7 nitrogen and oxygen atoms in total. The van der Waals surface area contributed by atoms with Gasteiger partial charge in [-0.1, -0.05) is 18.2 Å². The summed E-state index contributed by atoms with van der Waals surface area (Å²) in [5, 5.41) is 31.1. The number of aromatic nitrogens is 2. The first-order valence-electron chi connectivity index (χ1n) is 9.09. The molecule has 146 valence electrons. The molecule has 0 spiro atoms. The molecule has 7 heteroatoms. The van der Waals surface area contributed by atoms with Gasteiger partial charge in [-0.2, -0.15) is 5.26 Å². The number of hydrogen-bond donors (Lipinski definition) is 3. The van der Waals surface area contributed by atoms with E-state index in [1.54, 1.807) is 18.2 Å². The standard InChI is InChI=1S/C22H19N3O4/c1-29-19-7-3-5-16-21(19)20(15-4-2-6-17-14(15)8-9-24-17)18(10-23)25(22(16)28)11-13(27)12-26/h2-9,13,24,26-27H,11-12H2,1H3. The number of aromatic amines is 1. The molecular formula is C22H19N3O4. The number of benzene rings is 2. The molecule has 0 saturated carbocycles. The van der Waals surface area contributed by atoms with E-state index < -0.39 is 18.3 Å². The molecule has 29 heavy (non-hydrogen) atoms. The van der Waals surface area contributed by atoms with Crippen LogP contribution in [-0.2, 0) is 6.54 Å². The van der Waals surface area contributed by atoms with Crippen LogP contribution in [0.2, 0.25) is 0 Å². The minimum absolute atomic E-state index is 0.105. The first kappa shape index (κ1) is 18.7. The number of methoxy groups -OCH3 is 1. The zero-order valence-corrected chi connectivity index (χ0v) is 15.7. The molecule has 0 radical (unpaired) electrons. The maximum Gasteiger partial charge on any atom is 0.259 e. The maximum absolute atomic E-state index is 13.2. The highest BCUT2D eigenvalue weighted by Gasteiger charge is 2.23. The zero-order chi connectivity index (χ0) is 20.5. The van der Waals surface area contributed by atoms with Gasteiger partial charge < -0.3 is 19.9 Å². The maximum atomic E-state index is 13.2. The first-order chi connectivity index (χ1) is 14.1. The van der Waals surface area contributed by atoms with Crippen LogP contribution in [-0.4, -0.2) is 39.6 Å². The molecule has 4 aromatic rings. The summed E-state index contributed by atoms with van der Waals surface area (Å²) in [6.07, 6.45) is 0.643. The molecule has 0 bridgehead atoms. The smallest absolute Gasteiger partial charge is 0.259 e. The summed E-state index contributed by atoms with van der Waals surface area (Å²) in [7, 11) is 1.52. The van der Waals surface area contributed by atoms with Crippen molar-refractivity contribution in [2.24, 2.45) is 0 Å². The van der Waals surface area contributed by atoms with Crippen LogP contribution in [0.15, 0.2) is 53.5 Å². The van der Waals surface area contributed by atoms with Crippen LogP contribution in [0.4, 0.5) is 0 Å². The average Bonchev–Trinajstić information content (AvgIpc) is 3.24. The van der Waals surface area contributed by atoms with Crippen LogP contribution in [0.25, 0.3) is 32.8 Å². The number of nitrogens with one attached hydrogen (secondary N) is 1. The van der Waals surface area contributed by atoms with Crippen LogP contribution in [0.5, 0.6) is 5.75 Å². The summed E-state index contributed by atoms with van der Waals surface area (Å²) in [5.41, 5.74) is 1.89. The van der Waals surface area contributed by atoms with Crippen molar-refractivity contribution in [1.82, 2.24) is 9.55 Å². The van der Waals surface area contributed by atoms with Crippen LogP contribution >= 0.6 is 0 Å². The van der Waals surface area contributed by atoms with Gasteiger partial charge in [0.15, 0.2) is 0 Å². The van der Waals surface area contributed by atoms with Gasteiger partial charge in [0.05, 0.1) is 31.8 Å². The van der Waals surface area contributed by atoms with Crippen molar-refractivity contribution in [1.29, 1.82) is 5.26 Å². The van der Waals surface area contributed by atoms with E-state index in [1.807, 2.05) is 30.5 Å². The van der Waals surface area contributed by atoms with Crippen molar-refractivity contribution in [3.05, 3.63) is 64.7 Å². The largest absolute Gasteiger partial charge is 0.496 e. The SMILES string of the molecule is COc1cccc2c(=O)n(CC(O)CO)c(C#N)c(-c3cccc4[nH]ccc34)c12. The van der Waals surface area contributed by atoms with E-state index in [9.17, 15) is 20.3 Å². The van der Waals surface area contributed by atoms with Crippen LogP contribution < -0.4 is 10.3 Å². The Kier molecular flexibility index (Phi) is 4.80. The van der Waals surface area contributed by atoms with Crippen molar-refractivity contribution in [3.63, 3.8) is 0 Å². The third-order valence-corrected chi connectivity index (χ3v) is 5.05. The fraction of sp³-hybridized carbons (Fsp3) is 0.182. The molecule has 0 saturated heterocycles. The third-order valence-electron chi connectivity index (χ3n) is 5.05. The van der Waals surface area contributed by atoms with Gasteiger partial charge in [-0.25, -0.2) is 0 Å². The van der Waals surface area contributed by atoms with Gasteiger partial charge in [-0.3, -0.25) is 9.36 Å². The van der Waals surface area contributed by atoms with Crippen LogP contribution in [0.3, 0.4) is 0 Å². The quantitative estimate of drug-likeness (QED) is 0.485. The molecule has 4 rings (SSSR count). The number of hydrogen-bond acceptors (Lipinski definition) is 5. The Balaban J connectivity index is 2.22. The number of aliphatic hydroxyl groups is 2. The highest BCUT2D eigenvalue weighted by atomic mass is 16.5. The predicted molar refractivity (Wildman–Crippen MR) is 110 cm³/mol. The summed E-state index contributed by atoms with van der Waals surface area (Å²) < 4.78 is 6.75. The van der Waals surface area contributed by atoms with E-state index in [0.29, 0.717) is 22.1 Å². The normalized spacial score (nSPS) is 12.2. The molecular weight excluding hydrogens is 370 g/mol. The number of H-pyrrole nitrogens is 1. The molecule has 0 aliphatic carbocycles. The Bertz CT molecular complexity index is 1310. The fourth-order valence-electron chi connectivity index (χ4n) is 3.76. The highest BCUT2D eigenvalue weighted by Crippen LogP contribution is 2.39. The lowest BCUT2D eigenvalue weighted by Gasteiger charge is -2.19. The Hall–Kier alpha value is -3.60. The van der Waals surface area contributed by atoms with Gasteiger partial charge in [0.1, 0.15) is 17.5 Å². The second-order valence-electron chi connectivity index (χ2n) is 6.71. The van der Waals surface area contributed by atoms with E-state index in [4.69, 9.17) is 4.74 Å². The summed E-state index contributed by atoms with van der Waals surface area (Å²) in [4.78, 5) is 16.3. The highest BCUT2D eigenvalue weighted by molar-refractivity contribution is 6.08. The lowest BCUT2D eigenvalue weighted by atomic mass is 9.94. The number of nitrogens with zero attached hydrogens (tertiary/aromatic N) is 2. The van der Waals surface area contributed by atoms with E-state index >= 15 is 0 Å². The molecule has 2 aromatic carbocycles. The minimum atomic E-state index is -1.17. The van der Waals surface area contributed by atoms with Crippen molar-refractivity contribution in [3.8, 4) is 22.9 Å². The van der Waals surface area contributed by atoms with Gasteiger partial charge in [-0.15, -0.1) is 0 Å². The molecule has 1 unspecified atom stereocenters. The third kappa shape index (κ3) is 2.95. The van der Waals surface area contributed by atoms with Crippen molar-refractivity contribution in [2.45, 2.75) is 12.6 Å². The van der Waals surface area contributed by atoms with Crippen LogP contribution in [0, 0.1) is 11.3 Å². The Morgan fingerprint density at radius 3 is 2.72 bits per heavy atom. The number of pyridine rings is 1. The number of ether oxygens (including phenoxy) is 1. The number of fused-ring (bicyclic) bond motifs is 2. The second-order valence-corrected chi connectivity index (χ2v) is 6.71. The van der Waals surface area contributed by atoms with Gasteiger partial charge in [-0.05, 0) is 29.8 Å². The van der Waals surface area contributed by atoms with Crippen molar-refractivity contribution in [2.75, 3.05) is 13.7 Å². The van der Waals surface area contributed by atoms with E-state index in [0.717, 1.165) is 16.5 Å². The first-order valence-corrected chi connectivity index (χ1v) is 9.09. The Morgan fingerprint density at radius 1 is 1.21 bits per heavy atom. The number of rotatable bonds is 5. The number of aliphatic hydroxyl groups excluding tert-OH is 2. The summed E-state index contributed by atoms with van der Waals surface area (Å²) in [6.45, 7) is -0.711. The average molecular weight is 389 g/mol. The molecule has 0 aliphatic rings. The summed E-state index contributed by atoms with van der Waals surface area (Å²) >= 11 is 0. The molecule has 0 aliphatic heterocycles. The lowest BCUT2D eigenvalue weighted by Crippen LogP contribution is -2.31. The monoisotopic (exact) mass is 389 g/mol. The van der Waals surface area contributed by atoms with E-state index in [2.05, 4.69) is 11.1 Å². The van der Waals surface area contributed by atoms with E-state index in [-0.39, 0.29) is 12.2 Å². The Labute approximate surface area is 166 Å². The van der Waals surface area contributed by atoms with Gasteiger partial charge in [0, 0.05) is 28.0 Å². The summed E-state index contributed by atoms with van der Waals surface area (Å²) in [5.74, 6) is 0.480. The molecule has 0 amide bonds. The van der Waals surface area contributed by atoms with E-state index in [1.165, 1.54) is 11.7 Å². The summed E-state index contributed by atoms with van der Waals surface area (Å²) in [6, 6.07) is 14.9. The molecule has 1 atom stereocenters.